The molecule has 0 aromatic rings. The lowest BCUT2D eigenvalue weighted by Gasteiger charge is -2.54. The normalized spacial score (nSPS) is 44.1. The van der Waals surface area contributed by atoms with E-state index in [9.17, 15) is 5.11 Å². The molecule has 0 aromatic carbocycles. The van der Waals surface area contributed by atoms with Gasteiger partial charge in [-0.2, -0.15) is 0 Å². The highest BCUT2D eigenvalue weighted by Crippen LogP contribution is 2.54. The van der Waals surface area contributed by atoms with Crippen LogP contribution < -0.4 is 4.90 Å². The number of rotatable bonds is 5. The van der Waals surface area contributed by atoms with Crippen LogP contribution in [-0.4, -0.2) is 56.8 Å². The molecule has 5 rings (SSSR count). The van der Waals surface area contributed by atoms with Crippen LogP contribution in [0.3, 0.4) is 0 Å². The van der Waals surface area contributed by atoms with E-state index in [0.29, 0.717) is 12.7 Å². The van der Waals surface area contributed by atoms with Crippen molar-refractivity contribution < 1.29 is 19.5 Å². The second-order valence-corrected chi connectivity index (χ2v) is 7.95. The smallest absolute Gasteiger partial charge is 0.126 e. The summed E-state index contributed by atoms with van der Waals surface area (Å²) in [4.78, 5) is 1.46. The van der Waals surface area contributed by atoms with E-state index in [2.05, 4.69) is 0 Å². The molecule has 120 valence electrons. The quantitative estimate of drug-likeness (QED) is 0.756. The molecule has 1 atom stereocenters. The minimum Gasteiger partial charge on any atom is -0.385 e. The minimum atomic E-state index is -0.310. The number of hydrogen-bond donors (Lipinski definition) is 2. The zero-order valence-corrected chi connectivity index (χ0v) is 13.0. The van der Waals surface area contributed by atoms with Crippen molar-refractivity contribution in [3.8, 4) is 0 Å². The van der Waals surface area contributed by atoms with E-state index in [1.54, 1.807) is 0 Å². The van der Waals surface area contributed by atoms with E-state index in [0.717, 1.165) is 56.5 Å². The van der Waals surface area contributed by atoms with Crippen molar-refractivity contribution >= 4 is 0 Å². The van der Waals surface area contributed by atoms with Gasteiger partial charge in [0.1, 0.15) is 25.7 Å². The van der Waals surface area contributed by atoms with Crippen molar-refractivity contribution in [1.82, 2.24) is 0 Å². The van der Waals surface area contributed by atoms with Crippen LogP contribution in [0.5, 0.6) is 0 Å². The van der Waals surface area contributed by atoms with Gasteiger partial charge in [-0.3, -0.25) is 0 Å². The van der Waals surface area contributed by atoms with Gasteiger partial charge in [0.2, 0.25) is 0 Å². The number of nitrogens with one attached hydrogen (secondary N) is 1. The largest absolute Gasteiger partial charge is 0.385 e. The maximum Gasteiger partial charge on any atom is 0.126 e. The topological polar surface area (TPSA) is 43.1 Å². The van der Waals surface area contributed by atoms with Gasteiger partial charge in [-0.15, -0.1) is 0 Å². The molecule has 0 amide bonds. The lowest BCUT2D eigenvalue weighted by Crippen LogP contribution is -3.15. The zero-order chi connectivity index (χ0) is 14.2. The molecular weight excluding hydrogens is 266 g/mol. The van der Waals surface area contributed by atoms with E-state index in [-0.39, 0.29) is 6.10 Å². The fourth-order valence-electron chi connectivity index (χ4n) is 5.63. The van der Waals surface area contributed by atoms with Gasteiger partial charge in [-0.25, -0.2) is 0 Å². The molecule has 1 heterocycles. The summed E-state index contributed by atoms with van der Waals surface area (Å²) in [5.74, 6) is 3.58. The first-order chi connectivity index (χ1) is 10.3. The van der Waals surface area contributed by atoms with E-state index in [1.807, 2.05) is 0 Å². The molecular formula is C17H30NO3+. The fraction of sp³-hybridized carbons (Fsp3) is 1.00. The summed E-state index contributed by atoms with van der Waals surface area (Å²) in [6.45, 7) is 5.06. The lowest BCUT2D eigenvalue weighted by atomic mass is 9.55. The Morgan fingerprint density at radius 2 is 1.62 bits per heavy atom. The summed E-state index contributed by atoms with van der Waals surface area (Å²) in [6, 6.07) is 0. The van der Waals surface area contributed by atoms with Crippen LogP contribution in [-0.2, 0) is 9.47 Å². The molecule has 0 radical (unpaired) electrons. The Kier molecular flexibility index (Phi) is 4.23. The molecule has 5 fully saturated rings. The molecule has 4 bridgehead atoms. The van der Waals surface area contributed by atoms with Crippen LogP contribution >= 0.6 is 0 Å². The van der Waals surface area contributed by atoms with Gasteiger partial charge in [-0.1, -0.05) is 0 Å². The van der Waals surface area contributed by atoms with Crippen molar-refractivity contribution in [2.24, 2.45) is 23.7 Å². The molecule has 1 aliphatic heterocycles. The van der Waals surface area contributed by atoms with E-state index < -0.39 is 0 Å². The van der Waals surface area contributed by atoms with Crippen LogP contribution in [0.4, 0.5) is 0 Å². The highest BCUT2D eigenvalue weighted by molar-refractivity contribution is 4.99. The maximum atomic E-state index is 10.3. The Morgan fingerprint density at radius 1 is 1.00 bits per heavy atom. The average Bonchev–Trinajstić information content (AvgIpc) is 2.47. The third kappa shape index (κ3) is 3.14. The number of ether oxygens (including phenoxy) is 2. The van der Waals surface area contributed by atoms with Gasteiger partial charge in [0, 0.05) is 0 Å². The van der Waals surface area contributed by atoms with Crippen molar-refractivity contribution in [2.75, 3.05) is 39.5 Å². The Balaban J connectivity index is 1.25. The second kappa shape index (κ2) is 6.15. The molecule has 0 unspecified atom stereocenters. The highest BCUT2D eigenvalue weighted by atomic mass is 16.5. The van der Waals surface area contributed by atoms with E-state index in [4.69, 9.17) is 9.47 Å². The molecule has 5 aliphatic rings. The number of morpholine rings is 1. The first kappa shape index (κ1) is 14.4. The molecule has 0 spiro atoms. The summed E-state index contributed by atoms with van der Waals surface area (Å²) in [5, 5.41) is 10.3. The Morgan fingerprint density at radius 3 is 2.24 bits per heavy atom. The monoisotopic (exact) mass is 296 g/mol. The zero-order valence-electron chi connectivity index (χ0n) is 13.0. The van der Waals surface area contributed by atoms with Crippen LogP contribution in [0.15, 0.2) is 0 Å². The Hall–Kier alpha value is -0.160. The number of aliphatic hydroxyl groups is 1. The number of quaternary nitrogens is 1. The summed E-state index contributed by atoms with van der Waals surface area (Å²) < 4.78 is 11.6. The van der Waals surface area contributed by atoms with Crippen molar-refractivity contribution in [1.29, 1.82) is 0 Å². The number of hydrogen-bond acceptors (Lipinski definition) is 3. The van der Waals surface area contributed by atoms with Crippen LogP contribution in [0, 0.1) is 23.7 Å². The molecule has 4 aliphatic carbocycles. The van der Waals surface area contributed by atoms with Gasteiger partial charge in [0.15, 0.2) is 0 Å². The maximum absolute atomic E-state index is 10.3. The van der Waals surface area contributed by atoms with Gasteiger partial charge in [0.05, 0.1) is 25.9 Å². The van der Waals surface area contributed by atoms with E-state index in [1.165, 1.54) is 37.0 Å². The summed E-state index contributed by atoms with van der Waals surface area (Å²) in [6.07, 6.45) is 7.20. The standard InChI is InChI=1S/C17H29NO3/c19-16(10-18-1-3-20-4-2-18)11-21-17-14-6-12-5-13(8-14)9-15(17)7-12/h12-17,19H,1-11H2/p+1/t12?,13?,14?,15?,16-,17?/m1/s1. The van der Waals surface area contributed by atoms with Gasteiger partial charge in [0.25, 0.3) is 0 Å². The highest BCUT2D eigenvalue weighted by Gasteiger charge is 2.48. The predicted molar refractivity (Wildman–Crippen MR) is 79.2 cm³/mol. The van der Waals surface area contributed by atoms with Crippen LogP contribution in [0.2, 0.25) is 0 Å². The van der Waals surface area contributed by atoms with Gasteiger partial charge in [-0.05, 0) is 55.8 Å². The van der Waals surface area contributed by atoms with Crippen molar-refractivity contribution in [3.05, 3.63) is 0 Å². The summed E-state index contributed by atoms with van der Waals surface area (Å²) in [5.41, 5.74) is 0. The minimum absolute atomic E-state index is 0.310. The first-order valence-corrected chi connectivity index (χ1v) is 8.99. The molecule has 4 saturated carbocycles. The third-order valence-electron chi connectivity index (χ3n) is 6.35. The number of aliphatic hydroxyl groups excluding tert-OH is 1. The molecule has 2 N–H and O–H groups in total. The first-order valence-electron chi connectivity index (χ1n) is 8.99. The molecule has 0 aromatic heterocycles. The summed E-state index contributed by atoms with van der Waals surface area (Å²) >= 11 is 0. The third-order valence-corrected chi connectivity index (χ3v) is 6.35. The van der Waals surface area contributed by atoms with Crippen LogP contribution in [0.25, 0.3) is 0 Å². The summed E-state index contributed by atoms with van der Waals surface area (Å²) in [7, 11) is 0. The SMILES string of the molecule is O[C@@H](COC1C2CC3CC(C2)CC1C3)C[NH+]1CCOCC1. The van der Waals surface area contributed by atoms with Crippen LogP contribution in [0.1, 0.15) is 32.1 Å². The van der Waals surface area contributed by atoms with Crippen molar-refractivity contribution in [3.63, 3.8) is 0 Å². The average molecular weight is 296 g/mol. The molecule has 21 heavy (non-hydrogen) atoms. The van der Waals surface area contributed by atoms with Gasteiger partial charge < -0.3 is 19.5 Å². The van der Waals surface area contributed by atoms with E-state index >= 15 is 0 Å². The Labute approximate surface area is 127 Å². The molecule has 4 nitrogen and oxygen atoms in total. The predicted octanol–water partition coefficient (Wildman–Crippen LogP) is 0.104. The van der Waals surface area contributed by atoms with Gasteiger partial charge >= 0.3 is 0 Å². The molecule has 1 saturated heterocycles. The second-order valence-electron chi connectivity index (χ2n) is 7.95. The van der Waals surface area contributed by atoms with Crippen molar-refractivity contribution in [2.45, 2.75) is 44.3 Å². The fourth-order valence-corrected chi connectivity index (χ4v) is 5.63. The lowest BCUT2D eigenvalue weighted by molar-refractivity contribution is -0.911. The Bertz CT molecular complexity index is 328. The molecule has 4 heteroatoms.